The van der Waals surface area contributed by atoms with Crippen LogP contribution in [0.25, 0.3) is 0 Å². The lowest BCUT2D eigenvalue weighted by atomic mass is 10.0. The van der Waals surface area contributed by atoms with Crippen LogP contribution < -0.4 is 10.9 Å². The van der Waals surface area contributed by atoms with E-state index in [1.165, 1.54) is 29.9 Å². The van der Waals surface area contributed by atoms with Crippen LogP contribution in [-0.4, -0.2) is 36.0 Å². The molecule has 1 saturated carbocycles. The molecule has 1 heterocycles. The predicted molar refractivity (Wildman–Crippen MR) is 107 cm³/mol. The van der Waals surface area contributed by atoms with Crippen LogP contribution in [-0.2, 0) is 11.3 Å². The third kappa shape index (κ3) is 4.79. The molecule has 1 amide bonds. The van der Waals surface area contributed by atoms with E-state index in [0.29, 0.717) is 12.2 Å². The summed E-state index contributed by atoms with van der Waals surface area (Å²) < 4.78 is 20.9. The summed E-state index contributed by atoms with van der Waals surface area (Å²) in [6.45, 7) is 4.27. The van der Waals surface area contributed by atoms with Gasteiger partial charge in [0, 0.05) is 37.4 Å². The molecule has 6 nitrogen and oxygen atoms in total. The SMILES string of the molecule is CCOC1CC1CC(=O)c1cc(C(=O)NC)c(=O)n(Cc2cc(C)ccc2F)c1. The number of ether oxygens (including phenoxy) is 1. The van der Waals surface area contributed by atoms with Crippen molar-refractivity contribution in [3.8, 4) is 0 Å². The molecule has 1 aliphatic carbocycles. The number of pyridine rings is 1. The Labute approximate surface area is 168 Å². The average molecular weight is 400 g/mol. The molecule has 3 rings (SSSR count). The Bertz CT molecular complexity index is 999. The van der Waals surface area contributed by atoms with Crippen molar-refractivity contribution < 1.29 is 18.7 Å². The van der Waals surface area contributed by atoms with E-state index in [4.69, 9.17) is 4.74 Å². The lowest BCUT2D eigenvalue weighted by molar-refractivity contribution is 0.0931. The highest BCUT2D eigenvalue weighted by atomic mass is 19.1. The highest BCUT2D eigenvalue weighted by molar-refractivity contribution is 6.00. The Hall–Kier alpha value is -2.80. The number of carbonyl (C=O) groups is 2. The van der Waals surface area contributed by atoms with Gasteiger partial charge in [-0.25, -0.2) is 4.39 Å². The van der Waals surface area contributed by atoms with Gasteiger partial charge in [-0.05, 0) is 38.3 Å². The van der Waals surface area contributed by atoms with E-state index in [9.17, 15) is 18.8 Å². The Morgan fingerprint density at radius 1 is 1.31 bits per heavy atom. The van der Waals surface area contributed by atoms with Crippen molar-refractivity contribution in [2.24, 2.45) is 5.92 Å². The topological polar surface area (TPSA) is 77.4 Å². The van der Waals surface area contributed by atoms with Gasteiger partial charge in [-0.2, -0.15) is 0 Å². The van der Waals surface area contributed by atoms with Crippen molar-refractivity contribution in [3.63, 3.8) is 0 Å². The summed E-state index contributed by atoms with van der Waals surface area (Å²) in [4.78, 5) is 37.7. The third-order valence-corrected chi connectivity index (χ3v) is 5.11. The van der Waals surface area contributed by atoms with E-state index >= 15 is 0 Å². The van der Waals surface area contributed by atoms with Crippen molar-refractivity contribution in [1.29, 1.82) is 0 Å². The lowest BCUT2D eigenvalue weighted by Gasteiger charge is -2.12. The third-order valence-electron chi connectivity index (χ3n) is 5.11. The number of nitrogens with zero attached hydrogens (tertiary/aromatic N) is 1. The van der Waals surface area contributed by atoms with Crippen LogP contribution in [0.4, 0.5) is 4.39 Å². The van der Waals surface area contributed by atoms with Gasteiger partial charge in [-0.15, -0.1) is 0 Å². The zero-order valence-corrected chi connectivity index (χ0v) is 16.8. The van der Waals surface area contributed by atoms with Gasteiger partial charge in [-0.1, -0.05) is 17.7 Å². The molecule has 1 aliphatic rings. The molecule has 1 aromatic carbocycles. The molecule has 2 atom stereocenters. The Morgan fingerprint density at radius 3 is 2.76 bits per heavy atom. The number of Topliss-reactive ketones (excluding diaryl/α,β-unsaturated/α-hetero) is 1. The molecular weight excluding hydrogens is 375 g/mol. The van der Waals surface area contributed by atoms with Crippen LogP contribution in [0.3, 0.4) is 0 Å². The van der Waals surface area contributed by atoms with Gasteiger partial charge < -0.3 is 14.6 Å². The van der Waals surface area contributed by atoms with Crippen LogP contribution in [0.2, 0.25) is 0 Å². The zero-order valence-electron chi connectivity index (χ0n) is 16.8. The fourth-order valence-corrected chi connectivity index (χ4v) is 3.42. The molecule has 0 aliphatic heterocycles. The molecular formula is C22H25FN2O4. The molecule has 0 spiro atoms. The van der Waals surface area contributed by atoms with E-state index in [-0.39, 0.29) is 41.9 Å². The number of hydrogen-bond acceptors (Lipinski definition) is 4. The smallest absolute Gasteiger partial charge is 0.263 e. The van der Waals surface area contributed by atoms with Crippen LogP contribution >= 0.6 is 0 Å². The number of ketones is 1. The van der Waals surface area contributed by atoms with Crippen LogP contribution in [0.5, 0.6) is 0 Å². The highest BCUT2D eigenvalue weighted by Gasteiger charge is 2.39. The minimum absolute atomic E-state index is 0.0670. The molecule has 154 valence electrons. The second-order valence-electron chi connectivity index (χ2n) is 7.37. The van der Waals surface area contributed by atoms with Gasteiger partial charge in [0.05, 0.1) is 12.6 Å². The van der Waals surface area contributed by atoms with Crippen LogP contribution in [0.15, 0.2) is 35.3 Å². The molecule has 2 unspecified atom stereocenters. The number of aromatic nitrogens is 1. The predicted octanol–water partition coefficient (Wildman–Crippen LogP) is 2.70. The lowest BCUT2D eigenvalue weighted by Crippen LogP contribution is -2.32. The van der Waals surface area contributed by atoms with Crippen molar-refractivity contribution in [2.75, 3.05) is 13.7 Å². The van der Waals surface area contributed by atoms with Gasteiger partial charge >= 0.3 is 0 Å². The van der Waals surface area contributed by atoms with Gasteiger partial charge in [0.25, 0.3) is 11.5 Å². The summed E-state index contributed by atoms with van der Waals surface area (Å²) in [5, 5.41) is 2.42. The summed E-state index contributed by atoms with van der Waals surface area (Å²) in [6.07, 6.45) is 2.62. The van der Waals surface area contributed by atoms with E-state index < -0.39 is 17.3 Å². The molecule has 1 aromatic heterocycles. The standard InChI is InChI=1S/C22H25FN2O4/c1-4-29-20-10-14(20)9-19(26)16-8-17(21(27)24-3)22(28)25(12-16)11-15-7-13(2)5-6-18(15)23/h5-8,12,14,20H,4,9-11H2,1-3H3,(H,24,27). The number of amides is 1. The maximum atomic E-state index is 14.2. The van der Waals surface area contributed by atoms with E-state index in [0.717, 1.165) is 12.0 Å². The molecule has 0 bridgehead atoms. The van der Waals surface area contributed by atoms with Crippen molar-refractivity contribution in [3.05, 3.63) is 68.9 Å². The minimum atomic E-state index is -0.582. The molecule has 7 heteroatoms. The largest absolute Gasteiger partial charge is 0.378 e. The van der Waals surface area contributed by atoms with Crippen molar-refractivity contribution in [1.82, 2.24) is 9.88 Å². The first-order valence-corrected chi connectivity index (χ1v) is 9.70. The van der Waals surface area contributed by atoms with Gasteiger partial charge in [-0.3, -0.25) is 14.4 Å². The molecule has 0 radical (unpaired) electrons. The quantitative estimate of drug-likeness (QED) is 0.691. The molecule has 29 heavy (non-hydrogen) atoms. The van der Waals surface area contributed by atoms with Crippen molar-refractivity contribution in [2.45, 2.75) is 39.3 Å². The molecule has 1 fully saturated rings. The summed E-state index contributed by atoms with van der Waals surface area (Å²) >= 11 is 0. The number of nitrogens with one attached hydrogen (secondary N) is 1. The Kier molecular flexibility index (Phi) is 6.27. The molecule has 1 N–H and O–H groups in total. The summed E-state index contributed by atoms with van der Waals surface area (Å²) in [5.41, 5.74) is 0.726. The molecule has 2 aromatic rings. The fourth-order valence-electron chi connectivity index (χ4n) is 3.42. The van der Waals surface area contributed by atoms with Crippen LogP contribution in [0, 0.1) is 18.7 Å². The second-order valence-corrected chi connectivity index (χ2v) is 7.37. The average Bonchev–Trinajstić information content (AvgIpc) is 3.43. The first kappa shape index (κ1) is 20.9. The number of rotatable bonds is 8. The Morgan fingerprint density at radius 2 is 2.07 bits per heavy atom. The number of hydrogen-bond donors (Lipinski definition) is 1. The van der Waals surface area contributed by atoms with Crippen molar-refractivity contribution >= 4 is 11.7 Å². The zero-order chi connectivity index (χ0) is 21.1. The number of halogens is 1. The Balaban J connectivity index is 1.94. The van der Waals surface area contributed by atoms with E-state index in [1.54, 1.807) is 12.1 Å². The van der Waals surface area contributed by atoms with Gasteiger partial charge in [0.2, 0.25) is 0 Å². The fraction of sp³-hybridized carbons (Fsp3) is 0.409. The van der Waals surface area contributed by atoms with Crippen LogP contribution in [0.1, 0.15) is 51.6 Å². The maximum Gasteiger partial charge on any atom is 0.263 e. The number of aryl methyl sites for hydroxylation is 1. The summed E-state index contributed by atoms with van der Waals surface area (Å²) in [6, 6.07) is 5.95. The first-order valence-electron chi connectivity index (χ1n) is 9.70. The normalized spacial score (nSPS) is 17.8. The maximum absolute atomic E-state index is 14.2. The highest BCUT2D eigenvalue weighted by Crippen LogP contribution is 2.37. The van der Waals surface area contributed by atoms with E-state index in [1.807, 2.05) is 13.8 Å². The van der Waals surface area contributed by atoms with E-state index in [2.05, 4.69) is 5.32 Å². The first-order chi connectivity index (χ1) is 13.8. The molecule has 0 saturated heterocycles. The number of benzene rings is 1. The summed E-state index contributed by atoms with van der Waals surface area (Å²) in [7, 11) is 1.41. The summed E-state index contributed by atoms with van der Waals surface area (Å²) in [5.74, 6) is -1.04. The van der Waals surface area contributed by atoms with Gasteiger partial charge in [0.1, 0.15) is 11.4 Å². The monoisotopic (exact) mass is 400 g/mol. The number of carbonyl (C=O) groups excluding carboxylic acids is 2. The minimum Gasteiger partial charge on any atom is -0.378 e. The second kappa shape index (κ2) is 8.69. The van der Waals surface area contributed by atoms with Gasteiger partial charge in [0.15, 0.2) is 5.78 Å².